The number of carboxylic acid groups (broad SMARTS) is 1. The second kappa shape index (κ2) is 6.21. The minimum absolute atomic E-state index is 0.138. The molecule has 4 nitrogen and oxygen atoms in total. The van der Waals surface area contributed by atoms with Gasteiger partial charge >= 0.3 is 5.97 Å². The number of nitrogens with one attached hydrogen (secondary N) is 1. The van der Waals surface area contributed by atoms with Crippen molar-refractivity contribution in [1.29, 1.82) is 0 Å². The second-order valence-corrected chi connectivity index (χ2v) is 5.24. The predicted octanol–water partition coefficient (Wildman–Crippen LogP) is 1.03. The summed E-state index contributed by atoms with van der Waals surface area (Å²) in [7, 11) is 2.13. The van der Waals surface area contributed by atoms with Gasteiger partial charge in [-0.15, -0.1) is 0 Å². The van der Waals surface area contributed by atoms with Gasteiger partial charge in [0.05, 0.1) is 0 Å². The number of hydrogen-bond acceptors (Lipinski definition) is 3. The molecule has 16 heavy (non-hydrogen) atoms. The van der Waals surface area contributed by atoms with E-state index < -0.39 is 12.0 Å². The summed E-state index contributed by atoms with van der Waals surface area (Å²) in [6, 6.07) is -0.410. The van der Waals surface area contributed by atoms with Crippen molar-refractivity contribution >= 4 is 5.97 Å². The fourth-order valence-corrected chi connectivity index (χ4v) is 2.34. The Morgan fingerprint density at radius 3 is 2.75 bits per heavy atom. The zero-order valence-electron chi connectivity index (χ0n) is 10.6. The molecular formula is C12H24N2O2. The summed E-state index contributed by atoms with van der Waals surface area (Å²) < 4.78 is 0. The van der Waals surface area contributed by atoms with E-state index in [1.54, 1.807) is 0 Å². The van der Waals surface area contributed by atoms with E-state index in [1.807, 2.05) is 13.8 Å². The molecule has 0 radical (unpaired) electrons. The Morgan fingerprint density at radius 1 is 1.56 bits per heavy atom. The standard InChI is InChI=1S/C12H24N2O2/c1-9(2)11(12(15)16)13-7-10-5-4-6-14(3)8-10/h9-11,13H,4-8H2,1-3H3,(H,15,16). The topological polar surface area (TPSA) is 52.6 Å². The molecule has 1 aliphatic rings. The Kier molecular flexibility index (Phi) is 5.22. The van der Waals surface area contributed by atoms with E-state index in [-0.39, 0.29) is 5.92 Å². The van der Waals surface area contributed by atoms with Crippen LogP contribution in [0.15, 0.2) is 0 Å². The molecule has 1 rings (SSSR count). The monoisotopic (exact) mass is 228 g/mol. The number of nitrogens with zero attached hydrogens (tertiary/aromatic N) is 1. The quantitative estimate of drug-likeness (QED) is 0.738. The van der Waals surface area contributed by atoms with E-state index in [2.05, 4.69) is 17.3 Å². The van der Waals surface area contributed by atoms with Crippen molar-refractivity contribution in [1.82, 2.24) is 10.2 Å². The molecular weight excluding hydrogens is 204 g/mol. The van der Waals surface area contributed by atoms with Crippen LogP contribution in [0, 0.1) is 11.8 Å². The average Bonchev–Trinajstić information content (AvgIpc) is 2.16. The lowest BCUT2D eigenvalue weighted by Gasteiger charge is -2.31. The molecule has 1 heterocycles. The van der Waals surface area contributed by atoms with E-state index in [9.17, 15) is 4.79 Å². The van der Waals surface area contributed by atoms with Crippen LogP contribution in [-0.2, 0) is 4.79 Å². The largest absolute Gasteiger partial charge is 0.480 e. The number of hydrogen-bond donors (Lipinski definition) is 2. The summed E-state index contributed by atoms with van der Waals surface area (Å²) in [5.41, 5.74) is 0. The van der Waals surface area contributed by atoms with Gasteiger partial charge in [0.25, 0.3) is 0 Å². The van der Waals surface area contributed by atoms with Gasteiger partial charge in [-0.05, 0) is 44.8 Å². The third-order valence-electron chi connectivity index (χ3n) is 3.28. The molecule has 2 atom stereocenters. The van der Waals surface area contributed by atoms with Gasteiger partial charge in [-0.2, -0.15) is 0 Å². The fraction of sp³-hybridized carbons (Fsp3) is 0.917. The van der Waals surface area contributed by atoms with Gasteiger partial charge in [-0.3, -0.25) is 4.79 Å². The fourth-order valence-electron chi connectivity index (χ4n) is 2.34. The summed E-state index contributed by atoms with van der Waals surface area (Å²) in [5.74, 6) is -0.00247. The van der Waals surface area contributed by atoms with Gasteiger partial charge in [-0.25, -0.2) is 0 Å². The van der Waals surface area contributed by atoms with Crippen molar-refractivity contribution < 1.29 is 9.90 Å². The molecule has 0 aliphatic carbocycles. The third kappa shape index (κ3) is 4.10. The Hall–Kier alpha value is -0.610. The van der Waals surface area contributed by atoms with Crippen LogP contribution in [-0.4, -0.2) is 48.7 Å². The molecule has 0 aromatic heterocycles. The van der Waals surface area contributed by atoms with Crippen molar-refractivity contribution in [2.75, 3.05) is 26.7 Å². The van der Waals surface area contributed by atoms with E-state index in [0.717, 1.165) is 13.1 Å². The second-order valence-electron chi connectivity index (χ2n) is 5.24. The first-order chi connectivity index (χ1) is 7.50. The van der Waals surface area contributed by atoms with Crippen LogP contribution in [0.2, 0.25) is 0 Å². The van der Waals surface area contributed by atoms with Gasteiger partial charge in [0.2, 0.25) is 0 Å². The Balaban J connectivity index is 2.34. The number of carboxylic acids is 1. The Labute approximate surface area is 98.0 Å². The van der Waals surface area contributed by atoms with Crippen molar-refractivity contribution in [3.8, 4) is 0 Å². The first-order valence-electron chi connectivity index (χ1n) is 6.15. The van der Waals surface area contributed by atoms with Gasteiger partial charge in [-0.1, -0.05) is 13.8 Å². The molecule has 0 aromatic rings. The van der Waals surface area contributed by atoms with Crippen LogP contribution >= 0.6 is 0 Å². The van der Waals surface area contributed by atoms with E-state index in [1.165, 1.54) is 19.4 Å². The Morgan fingerprint density at radius 2 is 2.25 bits per heavy atom. The van der Waals surface area contributed by atoms with Crippen molar-refractivity contribution in [3.63, 3.8) is 0 Å². The van der Waals surface area contributed by atoms with Crippen LogP contribution in [0.1, 0.15) is 26.7 Å². The highest BCUT2D eigenvalue weighted by Gasteiger charge is 2.23. The molecule has 1 saturated heterocycles. The molecule has 4 heteroatoms. The molecule has 0 aromatic carbocycles. The minimum Gasteiger partial charge on any atom is -0.480 e. The number of aliphatic carboxylic acids is 1. The first-order valence-corrected chi connectivity index (χ1v) is 6.15. The highest BCUT2D eigenvalue weighted by atomic mass is 16.4. The maximum atomic E-state index is 11.0. The summed E-state index contributed by atoms with van der Waals surface area (Å²) in [5, 5.41) is 12.2. The molecule has 0 spiro atoms. The molecule has 1 aliphatic heterocycles. The summed E-state index contributed by atoms with van der Waals surface area (Å²) >= 11 is 0. The van der Waals surface area contributed by atoms with Gasteiger partial charge in [0, 0.05) is 6.54 Å². The smallest absolute Gasteiger partial charge is 0.320 e. The zero-order valence-corrected chi connectivity index (χ0v) is 10.6. The van der Waals surface area contributed by atoms with Gasteiger partial charge in [0.15, 0.2) is 0 Å². The molecule has 2 unspecified atom stereocenters. The van der Waals surface area contributed by atoms with Crippen molar-refractivity contribution in [2.24, 2.45) is 11.8 Å². The summed E-state index contributed by atoms with van der Waals surface area (Å²) in [6.07, 6.45) is 2.43. The van der Waals surface area contributed by atoms with Crippen LogP contribution < -0.4 is 5.32 Å². The van der Waals surface area contributed by atoms with E-state index >= 15 is 0 Å². The molecule has 0 saturated carbocycles. The highest BCUT2D eigenvalue weighted by molar-refractivity contribution is 5.73. The lowest BCUT2D eigenvalue weighted by Crippen LogP contribution is -2.45. The van der Waals surface area contributed by atoms with Gasteiger partial charge < -0.3 is 15.3 Å². The van der Waals surface area contributed by atoms with Gasteiger partial charge in [0.1, 0.15) is 6.04 Å². The van der Waals surface area contributed by atoms with Crippen LogP contribution in [0.4, 0.5) is 0 Å². The van der Waals surface area contributed by atoms with Crippen molar-refractivity contribution in [3.05, 3.63) is 0 Å². The SMILES string of the molecule is CC(C)C(NCC1CCCN(C)C1)C(=O)O. The molecule has 94 valence electrons. The zero-order chi connectivity index (χ0) is 12.1. The third-order valence-corrected chi connectivity index (χ3v) is 3.28. The lowest BCUT2D eigenvalue weighted by atomic mass is 9.97. The highest BCUT2D eigenvalue weighted by Crippen LogP contribution is 2.14. The number of carbonyl (C=O) groups is 1. The van der Waals surface area contributed by atoms with Crippen molar-refractivity contribution in [2.45, 2.75) is 32.7 Å². The molecule has 1 fully saturated rings. The van der Waals surface area contributed by atoms with Crippen LogP contribution in [0.25, 0.3) is 0 Å². The number of likely N-dealkylation sites (tertiary alicyclic amines) is 1. The summed E-state index contributed by atoms with van der Waals surface area (Å²) in [4.78, 5) is 13.3. The van der Waals surface area contributed by atoms with E-state index in [0.29, 0.717) is 5.92 Å². The Bertz CT molecular complexity index is 231. The molecule has 0 amide bonds. The lowest BCUT2D eigenvalue weighted by molar-refractivity contribution is -0.140. The van der Waals surface area contributed by atoms with E-state index in [4.69, 9.17) is 5.11 Å². The summed E-state index contributed by atoms with van der Waals surface area (Å²) in [6.45, 7) is 6.96. The first kappa shape index (κ1) is 13.5. The number of piperidine rings is 1. The maximum absolute atomic E-state index is 11.0. The normalized spacial score (nSPS) is 24.6. The molecule has 2 N–H and O–H groups in total. The minimum atomic E-state index is -0.737. The predicted molar refractivity (Wildman–Crippen MR) is 64.5 cm³/mol. The number of rotatable bonds is 5. The van der Waals surface area contributed by atoms with Crippen LogP contribution in [0.5, 0.6) is 0 Å². The molecule has 0 bridgehead atoms. The maximum Gasteiger partial charge on any atom is 0.320 e. The van der Waals surface area contributed by atoms with Crippen LogP contribution in [0.3, 0.4) is 0 Å². The average molecular weight is 228 g/mol.